The van der Waals surface area contributed by atoms with Gasteiger partial charge in [0, 0.05) is 40.3 Å². The Kier molecular flexibility index (Phi) is 3.36. The van der Waals surface area contributed by atoms with Crippen LogP contribution in [0.2, 0.25) is 5.02 Å². The van der Waals surface area contributed by atoms with Crippen LogP contribution in [0, 0.1) is 5.82 Å². The maximum Gasteiger partial charge on any atom is 0.123 e. The van der Waals surface area contributed by atoms with Crippen molar-refractivity contribution in [3.05, 3.63) is 84.0 Å². The summed E-state index contributed by atoms with van der Waals surface area (Å²) in [7, 11) is 0. The number of benzene rings is 2. The maximum atomic E-state index is 13.2. The summed E-state index contributed by atoms with van der Waals surface area (Å²) in [6.45, 7) is 0. The number of hydrogen-bond acceptors (Lipinski definition) is 1. The third-order valence-corrected chi connectivity index (χ3v) is 4.10. The van der Waals surface area contributed by atoms with E-state index in [1.165, 1.54) is 12.1 Å². The SMILES string of the molecule is Fc1ccc(-n2cc(-c3ccncc3)c3cc(Cl)ccc32)cc1. The lowest BCUT2D eigenvalue weighted by atomic mass is 10.1. The van der Waals surface area contributed by atoms with E-state index >= 15 is 0 Å². The molecule has 0 aliphatic carbocycles. The first kappa shape index (κ1) is 14.0. The van der Waals surface area contributed by atoms with Crippen LogP contribution in [0.5, 0.6) is 0 Å². The van der Waals surface area contributed by atoms with E-state index in [9.17, 15) is 4.39 Å². The highest BCUT2D eigenvalue weighted by Gasteiger charge is 2.12. The van der Waals surface area contributed by atoms with Crippen LogP contribution >= 0.6 is 11.6 Å². The van der Waals surface area contributed by atoms with Gasteiger partial charge in [-0.3, -0.25) is 4.98 Å². The Morgan fingerprint density at radius 1 is 0.913 bits per heavy atom. The summed E-state index contributed by atoms with van der Waals surface area (Å²) in [5.74, 6) is -0.248. The van der Waals surface area contributed by atoms with E-state index < -0.39 is 0 Å². The van der Waals surface area contributed by atoms with Gasteiger partial charge in [-0.25, -0.2) is 4.39 Å². The molecule has 0 saturated heterocycles. The molecule has 0 radical (unpaired) electrons. The molecule has 0 spiro atoms. The normalized spacial score (nSPS) is 11.0. The van der Waals surface area contributed by atoms with Crippen LogP contribution in [0.1, 0.15) is 0 Å². The predicted octanol–water partition coefficient (Wildman–Crippen LogP) is 5.49. The van der Waals surface area contributed by atoms with Crippen molar-refractivity contribution in [1.82, 2.24) is 9.55 Å². The summed E-state index contributed by atoms with van der Waals surface area (Å²) in [4.78, 5) is 4.07. The zero-order valence-corrected chi connectivity index (χ0v) is 12.8. The number of halogens is 2. The van der Waals surface area contributed by atoms with E-state index in [0.717, 1.165) is 27.7 Å². The first-order chi connectivity index (χ1) is 11.2. The second-order valence-corrected chi connectivity index (χ2v) is 5.72. The molecule has 4 aromatic rings. The molecule has 0 unspecified atom stereocenters. The Morgan fingerprint density at radius 3 is 2.39 bits per heavy atom. The van der Waals surface area contributed by atoms with Crippen LogP contribution in [-0.4, -0.2) is 9.55 Å². The first-order valence-corrected chi connectivity index (χ1v) is 7.57. The molecule has 0 atom stereocenters. The van der Waals surface area contributed by atoms with Gasteiger partial charge < -0.3 is 4.57 Å². The van der Waals surface area contributed by atoms with E-state index in [2.05, 4.69) is 4.98 Å². The Labute approximate surface area is 137 Å². The molecule has 0 amide bonds. The fraction of sp³-hybridized carbons (Fsp3) is 0. The predicted molar refractivity (Wildman–Crippen MR) is 91.5 cm³/mol. The van der Waals surface area contributed by atoms with Gasteiger partial charge in [0.25, 0.3) is 0 Å². The van der Waals surface area contributed by atoms with E-state index in [1.54, 1.807) is 24.5 Å². The molecule has 23 heavy (non-hydrogen) atoms. The number of hydrogen-bond donors (Lipinski definition) is 0. The lowest BCUT2D eigenvalue weighted by Crippen LogP contribution is -1.91. The topological polar surface area (TPSA) is 17.8 Å². The molecule has 2 nitrogen and oxygen atoms in total. The summed E-state index contributed by atoms with van der Waals surface area (Å²) in [6.07, 6.45) is 5.57. The van der Waals surface area contributed by atoms with Gasteiger partial charge in [-0.15, -0.1) is 0 Å². The molecule has 2 aromatic heterocycles. The van der Waals surface area contributed by atoms with Crippen molar-refractivity contribution in [2.45, 2.75) is 0 Å². The molecule has 4 heteroatoms. The molecule has 4 rings (SSSR count). The van der Waals surface area contributed by atoms with Gasteiger partial charge in [-0.05, 0) is 60.2 Å². The minimum absolute atomic E-state index is 0.248. The number of fused-ring (bicyclic) bond motifs is 1. The number of pyridine rings is 1. The van der Waals surface area contributed by atoms with Crippen molar-refractivity contribution in [3.8, 4) is 16.8 Å². The molecule has 0 aliphatic rings. The Morgan fingerprint density at radius 2 is 1.65 bits per heavy atom. The maximum absolute atomic E-state index is 13.2. The number of rotatable bonds is 2. The molecule has 0 bridgehead atoms. The van der Waals surface area contributed by atoms with Crippen molar-refractivity contribution in [3.63, 3.8) is 0 Å². The number of nitrogens with zero attached hydrogens (tertiary/aromatic N) is 2. The molecular formula is C19H12ClFN2. The molecule has 112 valence electrons. The summed E-state index contributed by atoms with van der Waals surface area (Å²) in [5, 5.41) is 1.73. The van der Waals surface area contributed by atoms with Crippen LogP contribution in [0.15, 0.2) is 73.2 Å². The van der Waals surface area contributed by atoms with Gasteiger partial charge in [0.15, 0.2) is 0 Å². The summed E-state index contributed by atoms with van der Waals surface area (Å²) < 4.78 is 15.2. The van der Waals surface area contributed by atoms with E-state index in [-0.39, 0.29) is 5.82 Å². The average molecular weight is 323 g/mol. The Bertz CT molecular complexity index is 976. The second-order valence-electron chi connectivity index (χ2n) is 5.29. The van der Waals surface area contributed by atoms with Crippen molar-refractivity contribution < 1.29 is 4.39 Å². The largest absolute Gasteiger partial charge is 0.316 e. The highest BCUT2D eigenvalue weighted by Crippen LogP contribution is 2.34. The number of aromatic nitrogens is 2. The van der Waals surface area contributed by atoms with Crippen LogP contribution < -0.4 is 0 Å². The van der Waals surface area contributed by atoms with Gasteiger partial charge in [0.1, 0.15) is 5.82 Å². The summed E-state index contributed by atoms with van der Waals surface area (Å²) in [6, 6.07) is 16.2. The van der Waals surface area contributed by atoms with Gasteiger partial charge in [-0.2, -0.15) is 0 Å². The lowest BCUT2D eigenvalue weighted by Gasteiger charge is -2.05. The van der Waals surface area contributed by atoms with Crippen molar-refractivity contribution in [2.24, 2.45) is 0 Å². The highest BCUT2D eigenvalue weighted by molar-refractivity contribution is 6.31. The minimum Gasteiger partial charge on any atom is -0.316 e. The molecule has 0 aliphatic heterocycles. The van der Waals surface area contributed by atoms with Crippen molar-refractivity contribution in [2.75, 3.05) is 0 Å². The van der Waals surface area contributed by atoms with Crippen molar-refractivity contribution >= 4 is 22.5 Å². The average Bonchev–Trinajstić information content (AvgIpc) is 2.95. The molecule has 2 heterocycles. The summed E-state index contributed by atoms with van der Waals surface area (Å²) >= 11 is 6.18. The van der Waals surface area contributed by atoms with Crippen LogP contribution in [0.25, 0.3) is 27.7 Å². The fourth-order valence-corrected chi connectivity index (χ4v) is 2.95. The van der Waals surface area contributed by atoms with E-state index in [1.807, 2.05) is 41.1 Å². The van der Waals surface area contributed by atoms with Crippen molar-refractivity contribution in [1.29, 1.82) is 0 Å². The zero-order valence-electron chi connectivity index (χ0n) is 12.1. The third-order valence-electron chi connectivity index (χ3n) is 3.86. The van der Waals surface area contributed by atoms with E-state index in [4.69, 9.17) is 11.6 Å². The smallest absolute Gasteiger partial charge is 0.123 e. The van der Waals surface area contributed by atoms with Gasteiger partial charge in [-0.1, -0.05) is 11.6 Å². The second kappa shape index (κ2) is 5.52. The Hall–Kier alpha value is -2.65. The molecular weight excluding hydrogens is 311 g/mol. The quantitative estimate of drug-likeness (QED) is 0.477. The Balaban J connectivity index is 2.01. The molecule has 2 aromatic carbocycles. The van der Waals surface area contributed by atoms with Gasteiger partial charge >= 0.3 is 0 Å². The fourth-order valence-electron chi connectivity index (χ4n) is 2.78. The van der Waals surface area contributed by atoms with Gasteiger partial charge in [0.05, 0.1) is 5.52 Å². The highest BCUT2D eigenvalue weighted by atomic mass is 35.5. The monoisotopic (exact) mass is 322 g/mol. The third kappa shape index (κ3) is 2.49. The van der Waals surface area contributed by atoms with Crippen LogP contribution in [0.4, 0.5) is 4.39 Å². The van der Waals surface area contributed by atoms with Gasteiger partial charge in [0.2, 0.25) is 0 Å². The first-order valence-electron chi connectivity index (χ1n) is 7.19. The standard InChI is InChI=1S/C19H12ClFN2/c20-14-1-6-19-17(11-14)18(13-7-9-22-10-8-13)12-23(19)16-4-2-15(21)3-5-16/h1-12H. The molecule has 0 fully saturated rings. The lowest BCUT2D eigenvalue weighted by molar-refractivity contribution is 0.627. The molecule has 0 saturated carbocycles. The van der Waals surface area contributed by atoms with Crippen LogP contribution in [-0.2, 0) is 0 Å². The molecule has 0 N–H and O–H groups in total. The minimum atomic E-state index is -0.248. The van der Waals surface area contributed by atoms with Crippen LogP contribution in [0.3, 0.4) is 0 Å². The van der Waals surface area contributed by atoms with E-state index in [0.29, 0.717) is 5.02 Å². The zero-order chi connectivity index (χ0) is 15.8. The summed E-state index contributed by atoms with van der Waals surface area (Å²) in [5.41, 5.74) is 4.05.